The summed E-state index contributed by atoms with van der Waals surface area (Å²) in [7, 11) is 0. The molecule has 1 aliphatic heterocycles. The first-order valence-corrected chi connectivity index (χ1v) is 5.82. The first kappa shape index (κ1) is 13.0. The molecule has 1 aromatic heterocycles. The first-order chi connectivity index (χ1) is 8.65. The lowest BCUT2D eigenvalue weighted by Crippen LogP contribution is -2.27. The fraction of sp³-hybridized carbons (Fsp3) is 0.636. The van der Waals surface area contributed by atoms with E-state index in [0.29, 0.717) is 6.61 Å². The lowest BCUT2D eigenvalue weighted by atomic mass is 10.2. The van der Waals surface area contributed by atoms with Crippen LogP contribution in [0.25, 0.3) is 0 Å². The molecule has 0 spiro atoms. The van der Waals surface area contributed by atoms with Crippen LogP contribution in [0.3, 0.4) is 0 Å². The summed E-state index contributed by atoms with van der Waals surface area (Å²) in [5, 5.41) is 18.6. The van der Waals surface area contributed by atoms with Gasteiger partial charge in [-0.1, -0.05) is 0 Å². The number of aliphatic hydroxyl groups is 2. The summed E-state index contributed by atoms with van der Waals surface area (Å²) in [5.41, 5.74) is -0.503. The second-order valence-electron chi connectivity index (χ2n) is 4.00. The predicted octanol–water partition coefficient (Wildman–Crippen LogP) is -0.717. The Kier molecular flexibility index (Phi) is 3.95. The van der Waals surface area contributed by atoms with E-state index in [4.69, 9.17) is 14.6 Å². The number of hydrogen-bond donors (Lipinski definition) is 2. The second kappa shape index (κ2) is 5.47. The molecule has 0 unspecified atom stereocenters. The van der Waals surface area contributed by atoms with Crippen LogP contribution < -0.4 is 10.4 Å². The Morgan fingerprint density at radius 3 is 3.00 bits per heavy atom. The van der Waals surface area contributed by atoms with Crippen LogP contribution in [0.2, 0.25) is 0 Å². The minimum absolute atomic E-state index is 0.251. The number of aromatic nitrogens is 2. The summed E-state index contributed by atoms with van der Waals surface area (Å²) in [4.78, 5) is 15.5. The van der Waals surface area contributed by atoms with E-state index in [1.54, 1.807) is 13.0 Å². The minimum Gasteiger partial charge on any atom is -0.478 e. The Labute approximate surface area is 104 Å². The molecule has 0 aromatic carbocycles. The number of ether oxygens (including phenoxy) is 2. The summed E-state index contributed by atoms with van der Waals surface area (Å²) < 4.78 is 11.8. The zero-order valence-electron chi connectivity index (χ0n) is 10.0. The molecule has 2 heterocycles. The van der Waals surface area contributed by atoms with Gasteiger partial charge in [-0.3, -0.25) is 4.57 Å². The van der Waals surface area contributed by atoms with Gasteiger partial charge in [-0.2, -0.15) is 4.98 Å². The average Bonchev–Trinajstić information content (AvgIpc) is 2.71. The molecule has 7 nitrogen and oxygen atoms in total. The molecular weight excluding hydrogens is 240 g/mol. The van der Waals surface area contributed by atoms with Crippen molar-refractivity contribution in [3.05, 3.63) is 22.7 Å². The van der Waals surface area contributed by atoms with E-state index >= 15 is 0 Å². The maximum atomic E-state index is 11.8. The van der Waals surface area contributed by atoms with E-state index in [1.807, 2.05) is 0 Å². The van der Waals surface area contributed by atoms with Gasteiger partial charge in [-0.25, -0.2) is 4.79 Å². The molecule has 100 valence electrons. The Morgan fingerprint density at radius 1 is 1.67 bits per heavy atom. The molecule has 0 bridgehead atoms. The molecule has 1 saturated heterocycles. The van der Waals surface area contributed by atoms with E-state index in [1.165, 1.54) is 10.8 Å². The Hall–Kier alpha value is -1.44. The summed E-state index contributed by atoms with van der Waals surface area (Å²) in [6.45, 7) is 1.95. The van der Waals surface area contributed by atoms with Crippen LogP contribution in [-0.4, -0.2) is 45.2 Å². The van der Waals surface area contributed by atoms with Gasteiger partial charge in [0.15, 0.2) is 0 Å². The van der Waals surface area contributed by atoms with Crippen molar-refractivity contribution in [2.75, 3.05) is 13.2 Å². The third-order valence-electron chi connectivity index (χ3n) is 2.79. The number of hydrogen-bond acceptors (Lipinski definition) is 6. The van der Waals surface area contributed by atoms with E-state index < -0.39 is 24.1 Å². The topological polar surface area (TPSA) is 93.8 Å². The van der Waals surface area contributed by atoms with Gasteiger partial charge in [0.2, 0.25) is 5.88 Å². The van der Waals surface area contributed by atoms with Crippen molar-refractivity contribution in [2.45, 2.75) is 31.8 Å². The van der Waals surface area contributed by atoms with Gasteiger partial charge in [0, 0.05) is 18.7 Å². The van der Waals surface area contributed by atoms with Crippen LogP contribution in [0.15, 0.2) is 17.1 Å². The van der Waals surface area contributed by atoms with Crippen molar-refractivity contribution >= 4 is 0 Å². The number of nitrogens with zero attached hydrogens (tertiary/aromatic N) is 2. The largest absolute Gasteiger partial charge is 0.478 e. The molecular formula is C11H16N2O5. The molecule has 0 amide bonds. The molecule has 2 N–H and O–H groups in total. The van der Waals surface area contributed by atoms with Crippen LogP contribution in [0.4, 0.5) is 0 Å². The third kappa shape index (κ3) is 2.53. The van der Waals surface area contributed by atoms with Gasteiger partial charge in [-0.15, -0.1) is 0 Å². The van der Waals surface area contributed by atoms with E-state index in [0.717, 1.165) is 0 Å². The minimum atomic E-state index is -0.779. The average molecular weight is 256 g/mol. The zero-order chi connectivity index (χ0) is 13.1. The van der Waals surface area contributed by atoms with E-state index in [2.05, 4.69) is 4.98 Å². The second-order valence-corrected chi connectivity index (χ2v) is 4.00. The molecule has 1 aromatic rings. The molecule has 1 fully saturated rings. The van der Waals surface area contributed by atoms with Crippen molar-refractivity contribution in [1.29, 1.82) is 0 Å². The third-order valence-corrected chi connectivity index (χ3v) is 2.79. The van der Waals surface area contributed by atoms with E-state index in [9.17, 15) is 9.90 Å². The van der Waals surface area contributed by atoms with Crippen molar-refractivity contribution in [2.24, 2.45) is 0 Å². The van der Waals surface area contributed by atoms with Gasteiger partial charge in [0.1, 0.15) is 12.3 Å². The highest BCUT2D eigenvalue weighted by atomic mass is 16.5. The zero-order valence-corrected chi connectivity index (χ0v) is 10.0. The summed E-state index contributed by atoms with van der Waals surface area (Å²) in [5.74, 6) is 0.260. The Balaban J connectivity index is 2.17. The van der Waals surface area contributed by atoms with Crippen LogP contribution in [0.5, 0.6) is 5.88 Å². The SMILES string of the molecule is CCOc1ccn([C@H]2C[C@H](O)[C@@H](CO)O2)c(=O)n1. The monoisotopic (exact) mass is 256 g/mol. The summed E-state index contributed by atoms with van der Waals surface area (Å²) in [6, 6.07) is 1.56. The maximum absolute atomic E-state index is 11.8. The van der Waals surface area contributed by atoms with Gasteiger partial charge < -0.3 is 19.7 Å². The molecule has 0 radical (unpaired) electrons. The fourth-order valence-electron chi connectivity index (χ4n) is 1.89. The van der Waals surface area contributed by atoms with Crippen molar-refractivity contribution in [3.63, 3.8) is 0 Å². The molecule has 7 heteroatoms. The molecule has 0 saturated carbocycles. The molecule has 3 atom stereocenters. The van der Waals surface area contributed by atoms with E-state index in [-0.39, 0.29) is 18.9 Å². The standard InChI is InChI=1S/C11H16N2O5/c1-2-17-9-3-4-13(11(16)12-9)10-5-7(15)8(6-14)18-10/h3-4,7-8,10,14-15H,2,5-6H2,1H3/t7-,8+,10+/m0/s1. The van der Waals surface area contributed by atoms with Gasteiger partial charge >= 0.3 is 5.69 Å². The molecule has 1 aliphatic rings. The number of rotatable bonds is 4. The van der Waals surface area contributed by atoms with Crippen LogP contribution in [0, 0.1) is 0 Å². The lowest BCUT2D eigenvalue weighted by molar-refractivity contribution is -0.0459. The number of aliphatic hydroxyl groups excluding tert-OH is 2. The highest BCUT2D eigenvalue weighted by Gasteiger charge is 2.34. The summed E-state index contributed by atoms with van der Waals surface area (Å²) in [6.07, 6.45) is -0.280. The lowest BCUT2D eigenvalue weighted by Gasteiger charge is -2.14. The van der Waals surface area contributed by atoms with Gasteiger partial charge in [0.05, 0.1) is 19.3 Å². The van der Waals surface area contributed by atoms with Crippen molar-refractivity contribution in [3.8, 4) is 5.88 Å². The van der Waals surface area contributed by atoms with Crippen LogP contribution >= 0.6 is 0 Å². The maximum Gasteiger partial charge on any atom is 0.352 e. The predicted molar refractivity (Wildman–Crippen MR) is 61.3 cm³/mol. The Bertz CT molecular complexity index is 461. The molecule has 0 aliphatic carbocycles. The van der Waals surface area contributed by atoms with Crippen molar-refractivity contribution < 1.29 is 19.7 Å². The quantitative estimate of drug-likeness (QED) is 0.738. The van der Waals surface area contributed by atoms with Crippen molar-refractivity contribution in [1.82, 2.24) is 9.55 Å². The van der Waals surface area contributed by atoms with Crippen LogP contribution in [0.1, 0.15) is 19.6 Å². The van der Waals surface area contributed by atoms with Crippen LogP contribution in [-0.2, 0) is 4.74 Å². The fourth-order valence-corrected chi connectivity index (χ4v) is 1.89. The normalized spacial score (nSPS) is 27.4. The highest BCUT2D eigenvalue weighted by Crippen LogP contribution is 2.27. The molecule has 18 heavy (non-hydrogen) atoms. The smallest absolute Gasteiger partial charge is 0.352 e. The highest BCUT2D eigenvalue weighted by molar-refractivity contribution is 5.06. The van der Waals surface area contributed by atoms with Gasteiger partial charge in [0.25, 0.3) is 0 Å². The van der Waals surface area contributed by atoms with Gasteiger partial charge in [-0.05, 0) is 6.92 Å². The summed E-state index contributed by atoms with van der Waals surface area (Å²) >= 11 is 0. The first-order valence-electron chi connectivity index (χ1n) is 5.82. The molecule has 2 rings (SSSR count). The Morgan fingerprint density at radius 2 is 2.44 bits per heavy atom.